The second-order valence-corrected chi connectivity index (χ2v) is 10.5. The third kappa shape index (κ3) is 2.99. The van der Waals surface area contributed by atoms with Gasteiger partial charge in [0.05, 0.1) is 41.7 Å². The van der Waals surface area contributed by atoms with Crippen molar-refractivity contribution in [2.75, 3.05) is 16.4 Å². The molecule has 2 aliphatic heterocycles. The van der Waals surface area contributed by atoms with E-state index in [-0.39, 0.29) is 23.6 Å². The molecule has 8 nitrogen and oxygen atoms in total. The second-order valence-electron chi connectivity index (χ2n) is 10.5. The summed E-state index contributed by atoms with van der Waals surface area (Å²) in [6.07, 6.45) is 0. The van der Waals surface area contributed by atoms with Crippen LogP contribution < -0.4 is 9.80 Å². The van der Waals surface area contributed by atoms with E-state index in [4.69, 9.17) is 4.74 Å². The standard InChI is InChI=1S/C29H24F2N2O6/c1-4-39-28(38)21-13(2)18-19-22(26(36)32(24(19)34)16-11-7-5-9-14(16)30)29(21,3)23-20(18)25(35)33(27(23)37)17-12-8-6-10-15(17)31/h5-12,18-20,22-23H,4H2,1-3H3/t18?,19-,20+,22+,23-,29?. The Morgan fingerprint density at radius 2 is 1.23 bits per heavy atom. The molecule has 6 atom stereocenters. The van der Waals surface area contributed by atoms with Gasteiger partial charge in [-0.2, -0.15) is 0 Å². The summed E-state index contributed by atoms with van der Waals surface area (Å²) >= 11 is 0. The van der Waals surface area contributed by atoms with Gasteiger partial charge in [-0.05, 0) is 38.1 Å². The molecule has 4 amide bonds. The molecule has 2 aromatic rings. The third-order valence-electron chi connectivity index (χ3n) is 8.87. The summed E-state index contributed by atoms with van der Waals surface area (Å²) in [5, 5.41) is 0. The van der Waals surface area contributed by atoms with E-state index in [0.717, 1.165) is 21.9 Å². The molecule has 2 saturated heterocycles. The fourth-order valence-corrected chi connectivity index (χ4v) is 7.55. The quantitative estimate of drug-likeness (QED) is 0.440. The van der Waals surface area contributed by atoms with Gasteiger partial charge in [0.25, 0.3) is 0 Å². The molecule has 2 heterocycles. The van der Waals surface area contributed by atoms with E-state index >= 15 is 0 Å². The van der Waals surface area contributed by atoms with Crippen LogP contribution in [0.5, 0.6) is 0 Å². The number of carbonyl (C=O) groups is 5. The number of anilines is 2. The number of carbonyl (C=O) groups excluding carboxylic acids is 5. The van der Waals surface area contributed by atoms with Gasteiger partial charge in [0.1, 0.15) is 11.6 Å². The molecule has 0 N–H and O–H groups in total. The summed E-state index contributed by atoms with van der Waals surface area (Å²) in [5.74, 6) is -11.0. The van der Waals surface area contributed by atoms with E-state index in [2.05, 4.69) is 0 Å². The van der Waals surface area contributed by atoms with Crippen molar-refractivity contribution in [2.24, 2.45) is 35.0 Å². The van der Waals surface area contributed by atoms with Crippen LogP contribution in [0.25, 0.3) is 0 Å². The van der Waals surface area contributed by atoms with Crippen molar-refractivity contribution in [3.8, 4) is 0 Å². The molecular weight excluding hydrogens is 510 g/mol. The van der Waals surface area contributed by atoms with Crippen LogP contribution in [0.3, 0.4) is 0 Å². The summed E-state index contributed by atoms with van der Waals surface area (Å²) in [6, 6.07) is 10.7. The van der Waals surface area contributed by atoms with Crippen LogP contribution in [0, 0.1) is 46.6 Å². The van der Waals surface area contributed by atoms with E-state index in [0.29, 0.717) is 5.57 Å². The molecule has 0 spiro atoms. The minimum absolute atomic E-state index is 0.0149. The van der Waals surface area contributed by atoms with Crippen LogP contribution >= 0.6 is 0 Å². The number of halogens is 2. The molecule has 1 saturated carbocycles. The Labute approximate surface area is 222 Å². The average Bonchev–Trinajstić information content (AvgIpc) is 3.31. The first kappa shape index (κ1) is 25.1. The number of hydrogen-bond donors (Lipinski definition) is 0. The summed E-state index contributed by atoms with van der Waals surface area (Å²) < 4.78 is 34.9. The highest BCUT2D eigenvalue weighted by Crippen LogP contribution is 2.68. The smallest absolute Gasteiger partial charge is 0.334 e. The molecule has 2 bridgehead atoms. The second kappa shape index (κ2) is 8.39. The highest BCUT2D eigenvalue weighted by atomic mass is 19.1. The minimum atomic E-state index is -1.65. The Bertz CT molecular complexity index is 1440. The van der Waals surface area contributed by atoms with Crippen molar-refractivity contribution in [1.82, 2.24) is 0 Å². The highest BCUT2D eigenvalue weighted by molar-refractivity contribution is 6.27. The summed E-state index contributed by atoms with van der Waals surface area (Å²) in [7, 11) is 0. The summed E-state index contributed by atoms with van der Waals surface area (Å²) in [4.78, 5) is 70.7. The number of rotatable bonds is 4. The number of hydrogen-bond acceptors (Lipinski definition) is 6. The van der Waals surface area contributed by atoms with Gasteiger partial charge in [-0.3, -0.25) is 19.2 Å². The number of allylic oxidation sites excluding steroid dienone is 1. The van der Waals surface area contributed by atoms with Crippen molar-refractivity contribution in [2.45, 2.75) is 20.8 Å². The topological polar surface area (TPSA) is 101 Å². The van der Waals surface area contributed by atoms with Crippen molar-refractivity contribution in [3.05, 3.63) is 71.3 Å². The molecule has 0 aromatic heterocycles. The normalized spacial score (nSPS) is 31.3. The number of imide groups is 2. The van der Waals surface area contributed by atoms with Crippen LogP contribution in [0.2, 0.25) is 0 Å². The van der Waals surface area contributed by atoms with Gasteiger partial charge in [0.15, 0.2) is 0 Å². The lowest BCUT2D eigenvalue weighted by molar-refractivity contribution is -0.155. The maximum absolute atomic E-state index is 14.8. The first-order chi connectivity index (χ1) is 18.6. The van der Waals surface area contributed by atoms with Gasteiger partial charge < -0.3 is 4.74 Å². The number of benzene rings is 2. The van der Waals surface area contributed by atoms with Crippen molar-refractivity contribution in [1.29, 1.82) is 0 Å². The Morgan fingerprint density at radius 1 is 0.795 bits per heavy atom. The molecule has 3 aliphatic carbocycles. The van der Waals surface area contributed by atoms with E-state index in [1.807, 2.05) is 0 Å². The molecule has 39 heavy (non-hydrogen) atoms. The Morgan fingerprint density at radius 3 is 1.64 bits per heavy atom. The van der Waals surface area contributed by atoms with Crippen molar-refractivity contribution < 1.29 is 37.5 Å². The lowest BCUT2D eigenvalue weighted by Crippen LogP contribution is -2.61. The SMILES string of the molecule is CCOC(=O)C1=C(C)C2[C@H]3C(=O)N(c4ccccc4F)C(=O)[C@H]3C1(C)[C@H]1C(=O)N(c3ccccc3F)C(=O)[C@@H]21. The number of esters is 1. The lowest BCUT2D eigenvalue weighted by atomic mass is 9.43. The van der Waals surface area contributed by atoms with Crippen LogP contribution in [0.1, 0.15) is 20.8 Å². The van der Waals surface area contributed by atoms with Crippen molar-refractivity contribution >= 4 is 41.0 Å². The molecule has 2 aromatic carbocycles. The number of para-hydroxylation sites is 2. The molecule has 10 heteroatoms. The number of amides is 4. The fourth-order valence-electron chi connectivity index (χ4n) is 7.55. The van der Waals surface area contributed by atoms with Gasteiger partial charge >= 0.3 is 5.97 Å². The predicted octanol–water partition coefficient (Wildman–Crippen LogP) is 3.41. The molecule has 0 radical (unpaired) electrons. The largest absolute Gasteiger partial charge is 0.463 e. The van der Waals surface area contributed by atoms with E-state index < -0.39 is 76.2 Å². The van der Waals surface area contributed by atoms with E-state index in [1.165, 1.54) is 43.3 Å². The maximum atomic E-state index is 14.8. The van der Waals surface area contributed by atoms with Gasteiger partial charge in [-0.25, -0.2) is 23.4 Å². The highest BCUT2D eigenvalue weighted by Gasteiger charge is 2.77. The number of nitrogens with zero attached hydrogens (tertiary/aromatic N) is 2. The zero-order chi connectivity index (χ0) is 28.0. The first-order valence-electron chi connectivity index (χ1n) is 12.7. The fraction of sp³-hybridized carbons (Fsp3) is 0.345. The average molecular weight is 535 g/mol. The van der Waals surface area contributed by atoms with Crippen LogP contribution in [-0.2, 0) is 28.7 Å². The lowest BCUT2D eigenvalue weighted by Gasteiger charge is -2.55. The van der Waals surface area contributed by atoms with Crippen molar-refractivity contribution in [3.63, 3.8) is 0 Å². The maximum Gasteiger partial charge on any atom is 0.334 e. The summed E-state index contributed by atoms with van der Waals surface area (Å²) in [6.45, 7) is 4.73. The molecule has 3 fully saturated rings. The van der Waals surface area contributed by atoms with E-state index in [1.54, 1.807) is 13.8 Å². The van der Waals surface area contributed by atoms with Crippen LogP contribution in [0.15, 0.2) is 59.7 Å². The Hall–Kier alpha value is -4.21. The van der Waals surface area contributed by atoms with Crippen LogP contribution in [-0.4, -0.2) is 36.2 Å². The first-order valence-corrected chi connectivity index (χ1v) is 12.7. The Kier molecular flexibility index (Phi) is 5.40. The summed E-state index contributed by atoms with van der Waals surface area (Å²) in [5.41, 5.74) is -1.71. The molecular formula is C29H24F2N2O6. The zero-order valence-electron chi connectivity index (χ0n) is 21.3. The third-order valence-corrected chi connectivity index (χ3v) is 8.87. The van der Waals surface area contributed by atoms with Gasteiger partial charge in [0, 0.05) is 16.9 Å². The van der Waals surface area contributed by atoms with E-state index in [9.17, 15) is 32.8 Å². The monoisotopic (exact) mass is 534 g/mol. The predicted molar refractivity (Wildman–Crippen MR) is 133 cm³/mol. The minimum Gasteiger partial charge on any atom is -0.463 e. The molecule has 5 aliphatic rings. The Balaban J connectivity index is 1.57. The molecule has 7 rings (SSSR count). The van der Waals surface area contributed by atoms with Gasteiger partial charge in [-0.15, -0.1) is 0 Å². The van der Waals surface area contributed by atoms with Crippen LogP contribution in [0.4, 0.5) is 20.2 Å². The van der Waals surface area contributed by atoms with Gasteiger partial charge in [0.2, 0.25) is 23.6 Å². The number of ether oxygens (including phenoxy) is 1. The molecule has 2 unspecified atom stereocenters. The van der Waals surface area contributed by atoms with Gasteiger partial charge in [-0.1, -0.05) is 36.8 Å². The molecule has 200 valence electrons. The zero-order valence-corrected chi connectivity index (χ0v) is 21.3.